The maximum absolute atomic E-state index is 12.8. The normalized spacial score (nSPS) is 16.4. The predicted octanol–water partition coefficient (Wildman–Crippen LogP) is 4.43. The highest BCUT2D eigenvalue weighted by atomic mass is 19.4. The van der Waals surface area contributed by atoms with Gasteiger partial charge in [0, 0.05) is 18.7 Å². The van der Waals surface area contributed by atoms with Gasteiger partial charge in [0.15, 0.2) is 5.76 Å². The summed E-state index contributed by atoms with van der Waals surface area (Å²) in [6, 6.07) is 7.85. The molecule has 1 amide bonds. The Labute approximate surface area is 156 Å². The predicted molar refractivity (Wildman–Crippen MR) is 96.3 cm³/mol. The summed E-state index contributed by atoms with van der Waals surface area (Å²) in [5.74, 6) is 0.276. The minimum atomic E-state index is -4.42. The number of amides is 1. The number of rotatable bonds is 6. The second kappa shape index (κ2) is 8.17. The van der Waals surface area contributed by atoms with Crippen LogP contribution >= 0.6 is 0 Å². The summed E-state index contributed by atoms with van der Waals surface area (Å²) < 4.78 is 44.0. The van der Waals surface area contributed by atoms with Crippen LogP contribution < -0.4 is 5.32 Å². The molecule has 4 nitrogen and oxygen atoms in total. The number of carbonyl (C=O) groups excluding carboxylic acids is 1. The lowest BCUT2D eigenvalue weighted by atomic mass is 10.1. The van der Waals surface area contributed by atoms with Crippen LogP contribution in [0.15, 0.2) is 40.8 Å². The Hall–Kier alpha value is -2.28. The standard InChI is InChI=1S/C20H23F3N2O2/c1-14(13-25-9-2-3-10-25)12-24-19(26)18-8-7-17(27-18)15-5-4-6-16(11-15)20(21,22)23/h4-8,11,14H,2-3,9-10,12-13H2,1H3,(H,24,26). The molecule has 27 heavy (non-hydrogen) atoms. The van der Waals surface area contributed by atoms with Crippen LogP contribution in [0.1, 0.15) is 35.9 Å². The van der Waals surface area contributed by atoms with Crippen molar-refractivity contribution in [3.05, 3.63) is 47.7 Å². The van der Waals surface area contributed by atoms with Crippen molar-refractivity contribution in [2.24, 2.45) is 5.92 Å². The molecule has 1 fully saturated rings. The Bertz CT molecular complexity index is 780. The van der Waals surface area contributed by atoms with Gasteiger partial charge in [-0.2, -0.15) is 13.2 Å². The zero-order valence-electron chi connectivity index (χ0n) is 15.2. The third-order valence-corrected chi connectivity index (χ3v) is 4.68. The molecule has 0 radical (unpaired) electrons. The molecule has 3 rings (SSSR count). The van der Waals surface area contributed by atoms with Gasteiger partial charge in [-0.3, -0.25) is 4.79 Å². The highest BCUT2D eigenvalue weighted by Crippen LogP contribution is 2.32. The summed E-state index contributed by atoms with van der Waals surface area (Å²) in [7, 11) is 0. The number of carbonyl (C=O) groups is 1. The van der Waals surface area contributed by atoms with Crippen LogP contribution in [-0.2, 0) is 6.18 Å². The number of hydrogen-bond acceptors (Lipinski definition) is 3. The van der Waals surface area contributed by atoms with E-state index in [-0.39, 0.29) is 23.0 Å². The molecule has 1 unspecified atom stereocenters. The van der Waals surface area contributed by atoms with Gasteiger partial charge in [-0.05, 0) is 56.1 Å². The molecule has 1 aliphatic rings. The lowest BCUT2D eigenvalue weighted by Crippen LogP contribution is -2.34. The van der Waals surface area contributed by atoms with Crippen LogP contribution in [0.2, 0.25) is 0 Å². The van der Waals surface area contributed by atoms with Crippen molar-refractivity contribution < 1.29 is 22.4 Å². The third-order valence-electron chi connectivity index (χ3n) is 4.68. The summed E-state index contributed by atoms with van der Waals surface area (Å²) >= 11 is 0. The first-order valence-corrected chi connectivity index (χ1v) is 9.11. The van der Waals surface area contributed by atoms with Crippen LogP contribution in [0.25, 0.3) is 11.3 Å². The van der Waals surface area contributed by atoms with Crippen molar-refractivity contribution in [1.82, 2.24) is 10.2 Å². The molecule has 146 valence electrons. The van der Waals surface area contributed by atoms with Gasteiger partial charge in [-0.25, -0.2) is 0 Å². The van der Waals surface area contributed by atoms with Gasteiger partial charge < -0.3 is 14.6 Å². The van der Waals surface area contributed by atoms with E-state index in [1.807, 2.05) is 0 Å². The van der Waals surface area contributed by atoms with Crippen molar-refractivity contribution in [2.45, 2.75) is 25.9 Å². The molecule has 2 heterocycles. The van der Waals surface area contributed by atoms with E-state index in [9.17, 15) is 18.0 Å². The average Bonchev–Trinajstić information content (AvgIpc) is 3.31. The van der Waals surface area contributed by atoms with Gasteiger partial charge in [-0.15, -0.1) is 0 Å². The van der Waals surface area contributed by atoms with E-state index in [0.29, 0.717) is 12.5 Å². The highest BCUT2D eigenvalue weighted by molar-refractivity contribution is 5.92. The molecule has 2 aromatic rings. The fourth-order valence-electron chi connectivity index (χ4n) is 3.29. The van der Waals surface area contributed by atoms with Gasteiger partial charge in [0.2, 0.25) is 0 Å². The Kier molecular flexibility index (Phi) is 5.89. The molecule has 0 spiro atoms. The lowest BCUT2D eigenvalue weighted by Gasteiger charge is -2.20. The minimum absolute atomic E-state index is 0.0933. The molecule has 1 N–H and O–H groups in total. The number of nitrogens with one attached hydrogen (secondary N) is 1. The van der Waals surface area contributed by atoms with Crippen molar-refractivity contribution in [3.63, 3.8) is 0 Å². The molecular weight excluding hydrogens is 357 g/mol. The zero-order valence-corrected chi connectivity index (χ0v) is 15.2. The second-order valence-electron chi connectivity index (χ2n) is 7.07. The Balaban J connectivity index is 1.59. The van der Waals surface area contributed by atoms with E-state index < -0.39 is 11.7 Å². The zero-order chi connectivity index (χ0) is 19.4. The van der Waals surface area contributed by atoms with E-state index in [4.69, 9.17) is 4.42 Å². The first-order chi connectivity index (χ1) is 12.8. The van der Waals surface area contributed by atoms with Crippen molar-refractivity contribution in [3.8, 4) is 11.3 Å². The summed E-state index contributed by atoms with van der Waals surface area (Å²) in [6.45, 7) is 5.76. The molecule has 0 aliphatic carbocycles. The van der Waals surface area contributed by atoms with Gasteiger partial charge >= 0.3 is 6.18 Å². The Morgan fingerprint density at radius 3 is 2.67 bits per heavy atom. The number of halogens is 3. The van der Waals surface area contributed by atoms with Crippen molar-refractivity contribution in [1.29, 1.82) is 0 Å². The quantitative estimate of drug-likeness (QED) is 0.807. The number of likely N-dealkylation sites (tertiary alicyclic amines) is 1. The van der Waals surface area contributed by atoms with E-state index in [2.05, 4.69) is 17.1 Å². The third kappa shape index (κ3) is 5.13. The fraction of sp³-hybridized carbons (Fsp3) is 0.450. The lowest BCUT2D eigenvalue weighted by molar-refractivity contribution is -0.137. The number of furan rings is 1. The van der Waals surface area contributed by atoms with E-state index in [1.165, 1.54) is 37.1 Å². The fourth-order valence-corrected chi connectivity index (χ4v) is 3.29. The maximum Gasteiger partial charge on any atom is 0.416 e. The molecule has 1 aromatic carbocycles. The first-order valence-electron chi connectivity index (χ1n) is 9.11. The number of benzene rings is 1. The smallest absolute Gasteiger partial charge is 0.416 e. The van der Waals surface area contributed by atoms with Gasteiger partial charge in [0.1, 0.15) is 5.76 Å². The van der Waals surface area contributed by atoms with Crippen LogP contribution in [-0.4, -0.2) is 37.0 Å². The summed E-state index contributed by atoms with van der Waals surface area (Å²) in [5, 5.41) is 2.83. The Morgan fingerprint density at radius 1 is 1.22 bits per heavy atom. The number of alkyl halides is 3. The van der Waals surface area contributed by atoms with Crippen molar-refractivity contribution >= 4 is 5.91 Å². The van der Waals surface area contributed by atoms with Crippen LogP contribution in [0.5, 0.6) is 0 Å². The first kappa shape index (κ1) is 19.5. The van der Waals surface area contributed by atoms with Gasteiger partial charge in [-0.1, -0.05) is 19.1 Å². The van der Waals surface area contributed by atoms with E-state index >= 15 is 0 Å². The molecular formula is C20H23F3N2O2. The van der Waals surface area contributed by atoms with Crippen molar-refractivity contribution in [2.75, 3.05) is 26.2 Å². The molecule has 0 bridgehead atoms. The minimum Gasteiger partial charge on any atom is -0.451 e. The largest absolute Gasteiger partial charge is 0.451 e. The number of hydrogen-bond donors (Lipinski definition) is 1. The summed E-state index contributed by atoms with van der Waals surface area (Å²) in [6.07, 6.45) is -1.97. The molecule has 0 saturated carbocycles. The SMILES string of the molecule is CC(CNC(=O)c1ccc(-c2cccc(C(F)(F)F)c2)o1)CN1CCCC1. The topological polar surface area (TPSA) is 45.5 Å². The van der Waals surface area contributed by atoms with E-state index in [1.54, 1.807) is 0 Å². The van der Waals surface area contributed by atoms with Crippen LogP contribution in [0, 0.1) is 5.92 Å². The maximum atomic E-state index is 12.8. The van der Waals surface area contributed by atoms with Crippen LogP contribution in [0.4, 0.5) is 13.2 Å². The van der Waals surface area contributed by atoms with E-state index in [0.717, 1.165) is 31.8 Å². The molecule has 1 saturated heterocycles. The highest BCUT2D eigenvalue weighted by Gasteiger charge is 2.30. The number of nitrogens with zero attached hydrogens (tertiary/aromatic N) is 1. The summed E-state index contributed by atoms with van der Waals surface area (Å²) in [5.41, 5.74) is -0.468. The summed E-state index contributed by atoms with van der Waals surface area (Å²) in [4.78, 5) is 14.6. The molecule has 1 aromatic heterocycles. The van der Waals surface area contributed by atoms with Gasteiger partial charge in [0.05, 0.1) is 5.56 Å². The Morgan fingerprint density at radius 2 is 1.96 bits per heavy atom. The molecule has 1 aliphatic heterocycles. The van der Waals surface area contributed by atoms with Gasteiger partial charge in [0.25, 0.3) is 5.91 Å². The molecule has 1 atom stereocenters. The average molecular weight is 380 g/mol. The molecule has 7 heteroatoms. The monoisotopic (exact) mass is 380 g/mol. The second-order valence-corrected chi connectivity index (χ2v) is 7.07. The van der Waals surface area contributed by atoms with Crippen LogP contribution in [0.3, 0.4) is 0 Å².